The van der Waals surface area contributed by atoms with Crippen molar-refractivity contribution in [3.63, 3.8) is 0 Å². The van der Waals surface area contributed by atoms with Crippen LogP contribution in [0.15, 0.2) is 24.4 Å². The van der Waals surface area contributed by atoms with Gasteiger partial charge in [0.05, 0.1) is 11.3 Å². The number of rotatable bonds is 5. The molecule has 0 radical (unpaired) electrons. The first-order valence-electron chi connectivity index (χ1n) is 9.08. The molecule has 1 atom stereocenters. The molecule has 0 bridgehead atoms. The first kappa shape index (κ1) is 18.1. The molecular formula is C19H18F2N6O. The maximum absolute atomic E-state index is 14.5. The second kappa shape index (κ2) is 7.38. The number of aromatic nitrogens is 2. The van der Waals surface area contributed by atoms with Crippen LogP contribution in [-0.2, 0) is 0 Å². The summed E-state index contributed by atoms with van der Waals surface area (Å²) in [6, 6.07) is 4.05. The number of hydrogen-bond donors (Lipinski definition) is 2. The Morgan fingerprint density at radius 1 is 1.21 bits per heavy atom. The van der Waals surface area contributed by atoms with Crippen LogP contribution in [0.25, 0.3) is 0 Å². The molecule has 2 fully saturated rings. The van der Waals surface area contributed by atoms with Crippen molar-refractivity contribution in [1.29, 1.82) is 5.26 Å². The number of benzene rings is 1. The summed E-state index contributed by atoms with van der Waals surface area (Å²) in [7, 11) is 0. The third kappa shape index (κ3) is 3.71. The summed E-state index contributed by atoms with van der Waals surface area (Å²) in [5, 5.41) is 14.2. The van der Waals surface area contributed by atoms with E-state index in [1.165, 1.54) is 17.0 Å². The lowest BCUT2D eigenvalue weighted by Gasteiger charge is -2.14. The van der Waals surface area contributed by atoms with Crippen LogP contribution in [0.3, 0.4) is 0 Å². The minimum absolute atomic E-state index is 0.140. The Labute approximate surface area is 160 Å². The largest absolute Gasteiger partial charge is 0.347 e. The molecule has 144 valence electrons. The van der Waals surface area contributed by atoms with Crippen LogP contribution in [0.2, 0.25) is 0 Å². The van der Waals surface area contributed by atoms with Gasteiger partial charge in [-0.25, -0.2) is 18.7 Å². The zero-order chi connectivity index (χ0) is 19.7. The van der Waals surface area contributed by atoms with Gasteiger partial charge in [0.25, 0.3) is 5.91 Å². The van der Waals surface area contributed by atoms with E-state index < -0.39 is 17.5 Å². The number of halogens is 2. The average Bonchev–Trinajstić information content (AvgIpc) is 3.45. The molecule has 1 aliphatic carbocycles. The van der Waals surface area contributed by atoms with E-state index >= 15 is 0 Å². The van der Waals surface area contributed by atoms with Gasteiger partial charge in [-0.3, -0.25) is 4.79 Å². The van der Waals surface area contributed by atoms with Crippen LogP contribution in [0.5, 0.6) is 0 Å². The third-order valence-corrected chi connectivity index (χ3v) is 4.91. The molecule has 1 unspecified atom stereocenters. The molecular weight excluding hydrogens is 366 g/mol. The average molecular weight is 384 g/mol. The molecule has 7 nitrogen and oxygen atoms in total. The number of nitriles is 1. The van der Waals surface area contributed by atoms with Crippen LogP contribution in [-0.4, -0.2) is 39.9 Å². The zero-order valence-corrected chi connectivity index (χ0v) is 15.0. The fraction of sp³-hybridized carbons (Fsp3) is 0.368. The number of carbonyl (C=O) groups is 1. The first-order valence-corrected chi connectivity index (χ1v) is 9.08. The molecule has 2 aliphatic rings. The van der Waals surface area contributed by atoms with Gasteiger partial charge in [-0.05, 0) is 37.5 Å². The van der Waals surface area contributed by atoms with Gasteiger partial charge in [0.15, 0.2) is 17.8 Å². The predicted octanol–water partition coefficient (Wildman–Crippen LogP) is 2.66. The molecule has 2 heterocycles. The van der Waals surface area contributed by atoms with E-state index in [0.29, 0.717) is 25.4 Å². The Bertz CT molecular complexity index is 956. The Balaban J connectivity index is 1.48. The van der Waals surface area contributed by atoms with Crippen LogP contribution in [0.1, 0.15) is 41.2 Å². The number of hydrogen-bond acceptors (Lipinski definition) is 6. The maximum atomic E-state index is 14.5. The monoisotopic (exact) mass is 384 g/mol. The van der Waals surface area contributed by atoms with Crippen LogP contribution >= 0.6 is 0 Å². The van der Waals surface area contributed by atoms with E-state index in [4.69, 9.17) is 5.26 Å². The molecule has 1 saturated heterocycles. The molecule has 1 aromatic carbocycles. The predicted molar refractivity (Wildman–Crippen MR) is 96.7 cm³/mol. The topological polar surface area (TPSA) is 93.9 Å². The van der Waals surface area contributed by atoms with E-state index in [2.05, 4.69) is 20.6 Å². The fourth-order valence-corrected chi connectivity index (χ4v) is 3.21. The first-order chi connectivity index (χ1) is 13.5. The van der Waals surface area contributed by atoms with Crippen LogP contribution < -0.4 is 10.6 Å². The van der Waals surface area contributed by atoms with E-state index in [1.807, 2.05) is 12.3 Å². The van der Waals surface area contributed by atoms with Crippen molar-refractivity contribution in [2.45, 2.75) is 31.2 Å². The van der Waals surface area contributed by atoms with Crippen LogP contribution in [0, 0.1) is 23.1 Å². The highest BCUT2D eigenvalue weighted by Gasteiger charge is 2.27. The van der Waals surface area contributed by atoms with Gasteiger partial charge in [0.2, 0.25) is 5.95 Å². The summed E-state index contributed by atoms with van der Waals surface area (Å²) in [5.74, 6) is -2.53. The summed E-state index contributed by atoms with van der Waals surface area (Å²) in [6.07, 6.45) is 6.29. The summed E-state index contributed by atoms with van der Waals surface area (Å²) in [6.45, 7) is 0.891. The Morgan fingerprint density at radius 2 is 2.04 bits per heavy atom. The van der Waals surface area contributed by atoms with Crippen molar-refractivity contribution in [3.8, 4) is 6.19 Å². The van der Waals surface area contributed by atoms with E-state index in [1.54, 1.807) is 6.20 Å². The number of nitrogens with one attached hydrogen (secondary N) is 2. The lowest BCUT2D eigenvalue weighted by Crippen LogP contribution is -2.37. The third-order valence-electron chi connectivity index (χ3n) is 4.91. The lowest BCUT2D eigenvalue weighted by molar-refractivity contribution is 0.0933. The molecule has 2 N–H and O–H groups in total. The highest BCUT2D eigenvalue weighted by atomic mass is 19.2. The van der Waals surface area contributed by atoms with Gasteiger partial charge in [-0.1, -0.05) is 0 Å². The molecule has 1 amide bonds. The molecule has 1 aromatic heterocycles. The number of anilines is 2. The zero-order valence-electron chi connectivity index (χ0n) is 15.0. The standard InChI is InChI=1S/C19H18F2N6O/c20-16-13(18(28)24-12-6-8-27(9-12)10-22)3-4-15(17(16)21)26-19-23-7-5-14(25-19)11-1-2-11/h3-5,7,11-12H,1-2,6,8-9H2,(H,24,28)(H,23,25,26). The second-order valence-electron chi connectivity index (χ2n) is 7.00. The summed E-state index contributed by atoms with van der Waals surface area (Å²) < 4.78 is 29.0. The fourth-order valence-electron chi connectivity index (χ4n) is 3.21. The minimum atomic E-state index is -1.24. The molecule has 2 aromatic rings. The Kier molecular flexibility index (Phi) is 4.77. The maximum Gasteiger partial charge on any atom is 0.254 e. The Morgan fingerprint density at radius 3 is 2.75 bits per heavy atom. The number of nitrogens with zero attached hydrogens (tertiary/aromatic N) is 4. The highest BCUT2D eigenvalue weighted by molar-refractivity contribution is 5.95. The number of carbonyl (C=O) groups excluding carboxylic acids is 1. The van der Waals surface area contributed by atoms with E-state index in [-0.39, 0.29) is 23.2 Å². The molecule has 4 rings (SSSR count). The SMILES string of the molecule is N#CN1CCC(NC(=O)c2ccc(Nc3nccc(C4CC4)n3)c(F)c2F)C1. The van der Waals surface area contributed by atoms with Gasteiger partial charge in [-0.2, -0.15) is 5.26 Å². The minimum Gasteiger partial charge on any atom is -0.347 e. The lowest BCUT2D eigenvalue weighted by atomic mass is 10.1. The number of amides is 1. The van der Waals surface area contributed by atoms with Crippen molar-refractivity contribution < 1.29 is 13.6 Å². The molecule has 0 spiro atoms. The highest BCUT2D eigenvalue weighted by Crippen LogP contribution is 2.39. The van der Waals surface area contributed by atoms with E-state index in [0.717, 1.165) is 18.5 Å². The second-order valence-corrected chi connectivity index (χ2v) is 7.00. The smallest absolute Gasteiger partial charge is 0.254 e. The normalized spacial score (nSPS) is 18.6. The van der Waals surface area contributed by atoms with E-state index in [9.17, 15) is 13.6 Å². The molecule has 1 aliphatic heterocycles. The van der Waals surface area contributed by atoms with Crippen molar-refractivity contribution in [3.05, 3.63) is 47.3 Å². The van der Waals surface area contributed by atoms with Crippen molar-refractivity contribution in [1.82, 2.24) is 20.2 Å². The summed E-state index contributed by atoms with van der Waals surface area (Å²) in [5.41, 5.74) is 0.349. The van der Waals surface area contributed by atoms with Crippen molar-refractivity contribution in [2.24, 2.45) is 0 Å². The summed E-state index contributed by atoms with van der Waals surface area (Å²) >= 11 is 0. The van der Waals surface area contributed by atoms with Gasteiger partial charge in [0, 0.05) is 36.9 Å². The molecule has 28 heavy (non-hydrogen) atoms. The van der Waals surface area contributed by atoms with Gasteiger partial charge in [-0.15, -0.1) is 0 Å². The number of likely N-dealkylation sites (tertiary alicyclic amines) is 1. The van der Waals surface area contributed by atoms with Crippen molar-refractivity contribution in [2.75, 3.05) is 18.4 Å². The summed E-state index contributed by atoms with van der Waals surface area (Å²) in [4.78, 5) is 22.2. The van der Waals surface area contributed by atoms with Crippen molar-refractivity contribution >= 4 is 17.5 Å². The van der Waals surface area contributed by atoms with Gasteiger partial charge in [0.1, 0.15) is 0 Å². The Hall–Kier alpha value is -3.28. The van der Waals surface area contributed by atoms with Gasteiger partial charge >= 0.3 is 0 Å². The molecule has 9 heteroatoms. The van der Waals surface area contributed by atoms with Crippen LogP contribution in [0.4, 0.5) is 20.4 Å². The van der Waals surface area contributed by atoms with Gasteiger partial charge < -0.3 is 15.5 Å². The quantitative estimate of drug-likeness (QED) is 0.770. The molecule has 1 saturated carbocycles.